The van der Waals surface area contributed by atoms with Crippen molar-refractivity contribution in [3.63, 3.8) is 0 Å². The van der Waals surface area contributed by atoms with E-state index in [0.29, 0.717) is 57.3 Å². The minimum Gasteiger partial charge on any atom is -0.343 e. The predicted molar refractivity (Wildman–Crippen MR) is 114 cm³/mol. The van der Waals surface area contributed by atoms with Gasteiger partial charge in [0, 0.05) is 32.6 Å². The molecule has 1 N–H and O–H groups in total. The molecule has 5 amide bonds. The minimum absolute atomic E-state index is 0.0461. The summed E-state index contributed by atoms with van der Waals surface area (Å²) in [6.45, 7) is 3.45. The van der Waals surface area contributed by atoms with Crippen molar-refractivity contribution in [2.24, 2.45) is 0 Å². The van der Waals surface area contributed by atoms with E-state index >= 15 is 0 Å². The summed E-state index contributed by atoms with van der Waals surface area (Å²) in [7, 11) is 0. The third-order valence-electron chi connectivity index (χ3n) is 6.88. The zero-order chi connectivity index (χ0) is 22.9. The van der Waals surface area contributed by atoms with Gasteiger partial charge in [-0.2, -0.15) is 0 Å². The topological polar surface area (TPSA) is 90.0 Å². The third-order valence-corrected chi connectivity index (χ3v) is 6.88. The first-order valence-corrected chi connectivity index (χ1v) is 11.3. The van der Waals surface area contributed by atoms with E-state index in [0.717, 1.165) is 0 Å². The number of urea groups is 1. The lowest BCUT2D eigenvalue weighted by Crippen LogP contribution is -2.57. The van der Waals surface area contributed by atoms with Crippen molar-refractivity contribution in [3.05, 3.63) is 35.6 Å². The largest absolute Gasteiger partial charge is 0.343 e. The molecule has 172 valence electrons. The normalized spacial score (nSPS) is 22.9. The fourth-order valence-corrected chi connectivity index (χ4v) is 4.98. The number of piperidine rings is 2. The van der Waals surface area contributed by atoms with Gasteiger partial charge in [0.15, 0.2) is 0 Å². The Morgan fingerprint density at radius 2 is 1.81 bits per heavy atom. The number of benzene rings is 1. The standard InChI is InChI=1S/C23H29FN4O4/c1-2-19(29)26-12-9-23(10-13-26)21(31)28(22(32)25-23)17-7-5-11-27(15-17)20(30)14-16-6-3-4-8-18(16)24/h3-4,6,8,17H,2,5,7,9-15H2,1H3,(H,25,32)/t17-/m1/s1. The summed E-state index contributed by atoms with van der Waals surface area (Å²) >= 11 is 0. The molecule has 3 fully saturated rings. The summed E-state index contributed by atoms with van der Waals surface area (Å²) < 4.78 is 13.9. The highest BCUT2D eigenvalue weighted by Crippen LogP contribution is 2.32. The number of hydrogen-bond donors (Lipinski definition) is 1. The van der Waals surface area contributed by atoms with Gasteiger partial charge in [-0.05, 0) is 37.3 Å². The molecule has 32 heavy (non-hydrogen) atoms. The van der Waals surface area contributed by atoms with Gasteiger partial charge in [0.1, 0.15) is 11.4 Å². The molecule has 4 rings (SSSR count). The third kappa shape index (κ3) is 4.08. The Kier molecular flexibility index (Phi) is 6.17. The number of likely N-dealkylation sites (tertiary alicyclic amines) is 2. The van der Waals surface area contributed by atoms with Crippen LogP contribution < -0.4 is 5.32 Å². The molecule has 0 saturated carbocycles. The maximum Gasteiger partial charge on any atom is 0.325 e. The fraction of sp³-hybridized carbons (Fsp3) is 0.565. The highest BCUT2D eigenvalue weighted by Gasteiger charge is 2.54. The predicted octanol–water partition coefficient (Wildman–Crippen LogP) is 1.68. The van der Waals surface area contributed by atoms with Crippen molar-refractivity contribution in [2.45, 2.75) is 57.0 Å². The monoisotopic (exact) mass is 444 g/mol. The fourth-order valence-electron chi connectivity index (χ4n) is 4.98. The second kappa shape index (κ2) is 8.88. The van der Waals surface area contributed by atoms with Crippen LogP contribution in [0.25, 0.3) is 0 Å². The molecule has 8 nitrogen and oxygen atoms in total. The van der Waals surface area contributed by atoms with Crippen LogP contribution in [0.15, 0.2) is 24.3 Å². The van der Waals surface area contributed by atoms with Crippen LogP contribution in [0.1, 0.15) is 44.6 Å². The number of hydrogen-bond acceptors (Lipinski definition) is 4. The molecule has 3 heterocycles. The summed E-state index contributed by atoms with van der Waals surface area (Å²) in [4.78, 5) is 55.5. The van der Waals surface area contributed by atoms with Crippen LogP contribution in [-0.2, 0) is 20.8 Å². The van der Waals surface area contributed by atoms with Gasteiger partial charge in [0.05, 0.1) is 12.5 Å². The van der Waals surface area contributed by atoms with E-state index in [9.17, 15) is 23.6 Å². The van der Waals surface area contributed by atoms with Crippen LogP contribution >= 0.6 is 0 Å². The Hall–Kier alpha value is -2.97. The van der Waals surface area contributed by atoms with Crippen LogP contribution in [0, 0.1) is 5.82 Å². The number of nitrogens with zero attached hydrogens (tertiary/aromatic N) is 3. The zero-order valence-electron chi connectivity index (χ0n) is 18.3. The van der Waals surface area contributed by atoms with Gasteiger partial charge in [-0.25, -0.2) is 9.18 Å². The second-order valence-corrected chi connectivity index (χ2v) is 8.83. The van der Waals surface area contributed by atoms with Gasteiger partial charge in [-0.15, -0.1) is 0 Å². The van der Waals surface area contributed by atoms with Gasteiger partial charge in [0.25, 0.3) is 5.91 Å². The molecule has 1 aromatic rings. The number of imide groups is 1. The van der Waals surface area contributed by atoms with Gasteiger partial charge < -0.3 is 15.1 Å². The number of halogens is 1. The molecule has 0 unspecified atom stereocenters. The van der Waals surface area contributed by atoms with Crippen LogP contribution in [0.4, 0.5) is 9.18 Å². The number of rotatable bonds is 4. The summed E-state index contributed by atoms with van der Waals surface area (Å²) in [5.41, 5.74) is -0.636. The average molecular weight is 445 g/mol. The van der Waals surface area contributed by atoms with E-state index in [-0.39, 0.29) is 30.7 Å². The SMILES string of the molecule is CCC(=O)N1CCC2(CC1)NC(=O)N([C@@H]1CCCN(C(=O)Cc3ccccc3F)C1)C2=O. The highest BCUT2D eigenvalue weighted by molar-refractivity contribution is 6.07. The molecule has 1 aromatic carbocycles. The van der Waals surface area contributed by atoms with E-state index in [1.54, 1.807) is 34.9 Å². The molecular weight excluding hydrogens is 415 g/mol. The maximum absolute atomic E-state index is 13.9. The molecule has 0 aromatic heterocycles. The Balaban J connectivity index is 1.42. The Morgan fingerprint density at radius 3 is 2.50 bits per heavy atom. The Morgan fingerprint density at radius 1 is 1.09 bits per heavy atom. The lowest BCUT2D eigenvalue weighted by Gasteiger charge is -2.39. The van der Waals surface area contributed by atoms with Crippen molar-refractivity contribution in [3.8, 4) is 0 Å². The van der Waals surface area contributed by atoms with Gasteiger partial charge >= 0.3 is 6.03 Å². The molecule has 0 aliphatic carbocycles. The zero-order valence-corrected chi connectivity index (χ0v) is 18.3. The molecule has 3 aliphatic heterocycles. The molecule has 0 radical (unpaired) electrons. The highest BCUT2D eigenvalue weighted by atomic mass is 19.1. The number of carbonyl (C=O) groups is 4. The average Bonchev–Trinajstić information content (AvgIpc) is 3.04. The first kappa shape index (κ1) is 22.2. The number of nitrogens with one attached hydrogen (secondary N) is 1. The van der Waals surface area contributed by atoms with Crippen LogP contribution in [-0.4, -0.2) is 76.2 Å². The quantitative estimate of drug-likeness (QED) is 0.716. The van der Waals surface area contributed by atoms with E-state index in [4.69, 9.17) is 0 Å². The smallest absolute Gasteiger partial charge is 0.325 e. The van der Waals surface area contributed by atoms with Crippen molar-refractivity contribution >= 4 is 23.8 Å². The first-order chi connectivity index (χ1) is 15.3. The first-order valence-electron chi connectivity index (χ1n) is 11.3. The lowest BCUT2D eigenvalue weighted by molar-refractivity contribution is -0.141. The number of carbonyl (C=O) groups excluding carboxylic acids is 4. The molecule has 0 bridgehead atoms. The summed E-state index contributed by atoms with van der Waals surface area (Å²) in [6.07, 6.45) is 2.43. The summed E-state index contributed by atoms with van der Waals surface area (Å²) in [5.74, 6) is -0.851. The molecular formula is C23H29FN4O4. The van der Waals surface area contributed by atoms with E-state index in [1.165, 1.54) is 11.0 Å². The van der Waals surface area contributed by atoms with Gasteiger partial charge in [-0.3, -0.25) is 19.3 Å². The minimum atomic E-state index is -0.971. The van der Waals surface area contributed by atoms with Gasteiger partial charge in [0.2, 0.25) is 11.8 Å². The van der Waals surface area contributed by atoms with Gasteiger partial charge in [-0.1, -0.05) is 25.1 Å². The second-order valence-electron chi connectivity index (χ2n) is 8.83. The van der Waals surface area contributed by atoms with E-state index < -0.39 is 23.4 Å². The van der Waals surface area contributed by atoms with Crippen LogP contribution in [0.2, 0.25) is 0 Å². The molecule has 1 spiro atoms. The van der Waals surface area contributed by atoms with Crippen molar-refractivity contribution < 1.29 is 23.6 Å². The van der Waals surface area contributed by atoms with E-state index in [2.05, 4.69) is 5.32 Å². The molecule has 1 atom stereocenters. The summed E-state index contributed by atoms with van der Waals surface area (Å²) in [5, 5.41) is 2.88. The van der Waals surface area contributed by atoms with Crippen molar-refractivity contribution in [1.82, 2.24) is 20.0 Å². The molecule has 3 saturated heterocycles. The van der Waals surface area contributed by atoms with Crippen LogP contribution in [0.5, 0.6) is 0 Å². The Bertz CT molecular complexity index is 928. The van der Waals surface area contributed by atoms with Crippen molar-refractivity contribution in [2.75, 3.05) is 26.2 Å². The molecule has 9 heteroatoms. The van der Waals surface area contributed by atoms with E-state index in [1.807, 2.05) is 0 Å². The van der Waals surface area contributed by atoms with Crippen molar-refractivity contribution in [1.29, 1.82) is 0 Å². The Labute approximate surface area is 186 Å². The lowest BCUT2D eigenvalue weighted by atomic mass is 9.87. The summed E-state index contributed by atoms with van der Waals surface area (Å²) in [6, 6.07) is 5.35. The maximum atomic E-state index is 13.9. The number of amides is 5. The molecule has 3 aliphatic rings. The van der Waals surface area contributed by atoms with Crippen LogP contribution in [0.3, 0.4) is 0 Å².